The second kappa shape index (κ2) is 11.7. The first kappa shape index (κ1) is 27.9. The number of benzene rings is 3. The van der Waals surface area contributed by atoms with Crippen molar-refractivity contribution in [3.63, 3.8) is 0 Å². The molecule has 39 heavy (non-hydrogen) atoms. The number of nitrogens with zero attached hydrogens (tertiary/aromatic N) is 1. The van der Waals surface area contributed by atoms with E-state index in [1.807, 2.05) is 45.0 Å². The second-order valence-electron chi connectivity index (χ2n) is 10.5. The molecule has 0 radical (unpaired) electrons. The van der Waals surface area contributed by atoms with Crippen LogP contribution in [-0.4, -0.2) is 47.9 Å². The van der Waals surface area contributed by atoms with Crippen LogP contribution in [0.5, 0.6) is 11.5 Å². The molecular weight excluding hydrogens is 494 g/mol. The minimum absolute atomic E-state index is 0.0152. The fraction of sp³-hybridized carbons (Fsp3) is 0.344. The van der Waals surface area contributed by atoms with Crippen LogP contribution in [0.25, 0.3) is 0 Å². The van der Waals surface area contributed by atoms with E-state index in [1.165, 1.54) is 4.90 Å². The van der Waals surface area contributed by atoms with E-state index in [2.05, 4.69) is 0 Å². The average Bonchev–Trinajstić information content (AvgIpc) is 3.29. The fourth-order valence-electron chi connectivity index (χ4n) is 5.55. The van der Waals surface area contributed by atoms with Gasteiger partial charge in [0, 0.05) is 17.9 Å². The largest absolute Gasteiger partial charge is 0.497 e. The Morgan fingerprint density at radius 3 is 1.82 bits per heavy atom. The number of methoxy groups -OCH3 is 2. The predicted octanol–water partition coefficient (Wildman–Crippen LogP) is 5.68. The molecule has 204 valence electrons. The molecule has 1 heterocycles. The van der Waals surface area contributed by atoms with Crippen LogP contribution in [0.15, 0.2) is 72.8 Å². The number of hydrogen-bond donors (Lipinski definition) is 1. The number of carbonyl (C=O) groups is 3. The lowest BCUT2D eigenvalue weighted by atomic mass is 9.76. The Morgan fingerprint density at radius 1 is 0.821 bits per heavy atom. The van der Waals surface area contributed by atoms with Gasteiger partial charge in [-0.15, -0.1) is 0 Å². The first-order chi connectivity index (χ1) is 18.7. The van der Waals surface area contributed by atoms with E-state index in [-0.39, 0.29) is 24.0 Å². The summed E-state index contributed by atoms with van der Waals surface area (Å²) in [6.07, 6.45) is 0.172. The standard InChI is InChI=1S/C32H35NO6/c1-19(2)18-26(34)33-29(22-8-6-20(3)7-9-22)28(31(35)23-12-16-25(39-5)17-13-23)27(30(33)32(36)37)21-10-14-24(38-4)15-11-21/h6-17,19,27-30H,18H2,1-5H3,(H,36,37). The molecule has 1 saturated heterocycles. The van der Waals surface area contributed by atoms with E-state index in [4.69, 9.17) is 9.47 Å². The zero-order chi connectivity index (χ0) is 28.3. The summed E-state index contributed by atoms with van der Waals surface area (Å²) >= 11 is 0. The number of carbonyl (C=O) groups excluding carboxylic acids is 2. The van der Waals surface area contributed by atoms with E-state index in [0.717, 1.165) is 11.1 Å². The highest BCUT2D eigenvalue weighted by Crippen LogP contribution is 2.52. The normalized spacial score (nSPS) is 20.6. The summed E-state index contributed by atoms with van der Waals surface area (Å²) in [7, 11) is 3.11. The van der Waals surface area contributed by atoms with Crippen molar-refractivity contribution in [2.45, 2.75) is 45.2 Å². The molecule has 3 aromatic carbocycles. The molecule has 0 bridgehead atoms. The summed E-state index contributed by atoms with van der Waals surface area (Å²) in [5.41, 5.74) is 2.84. The first-order valence-electron chi connectivity index (χ1n) is 13.1. The Labute approximate surface area is 229 Å². The van der Waals surface area contributed by atoms with Crippen LogP contribution in [0, 0.1) is 18.8 Å². The quantitative estimate of drug-likeness (QED) is 0.359. The van der Waals surface area contributed by atoms with E-state index in [1.54, 1.807) is 62.8 Å². The van der Waals surface area contributed by atoms with Crippen molar-refractivity contribution < 1.29 is 29.0 Å². The molecule has 4 rings (SSSR count). The Morgan fingerprint density at radius 2 is 1.33 bits per heavy atom. The van der Waals surface area contributed by atoms with Gasteiger partial charge in [0.1, 0.15) is 17.5 Å². The van der Waals surface area contributed by atoms with Crippen LogP contribution < -0.4 is 9.47 Å². The topological polar surface area (TPSA) is 93.1 Å². The Hall–Kier alpha value is -4.13. The van der Waals surface area contributed by atoms with Crippen molar-refractivity contribution in [1.29, 1.82) is 0 Å². The maximum Gasteiger partial charge on any atom is 0.327 e. The van der Waals surface area contributed by atoms with Gasteiger partial charge in [0.25, 0.3) is 0 Å². The van der Waals surface area contributed by atoms with Crippen LogP contribution >= 0.6 is 0 Å². The van der Waals surface area contributed by atoms with E-state index in [0.29, 0.717) is 22.6 Å². The van der Waals surface area contributed by atoms with Gasteiger partial charge in [0.2, 0.25) is 5.91 Å². The van der Waals surface area contributed by atoms with Gasteiger partial charge in [-0.2, -0.15) is 0 Å². The predicted molar refractivity (Wildman–Crippen MR) is 148 cm³/mol. The highest BCUT2D eigenvalue weighted by atomic mass is 16.5. The minimum Gasteiger partial charge on any atom is -0.497 e. The van der Waals surface area contributed by atoms with Crippen LogP contribution in [0.3, 0.4) is 0 Å². The third kappa shape index (κ3) is 5.67. The summed E-state index contributed by atoms with van der Waals surface area (Å²) in [6.45, 7) is 5.80. The van der Waals surface area contributed by atoms with E-state index < -0.39 is 29.9 Å². The van der Waals surface area contributed by atoms with Gasteiger partial charge in [-0.1, -0.05) is 55.8 Å². The fourth-order valence-corrected chi connectivity index (χ4v) is 5.55. The Bertz CT molecular complexity index is 1310. The Kier molecular flexibility index (Phi) is 8.38. The van der Waals surface area contributed by atoms with Crippen molar-refractivity contribution in [2.75, 3.05) is 14.2 Å². The molecule has 1 aliphatic heterocycles. The summed E-state index contributed by atoms with van der Waals surface area (Å²) in [5, 5.41) is 10.6. The smallest absolute Gasteiger partial charge is 0.327 e. The van der Waals surface area contributed by atoms with Crippen LogP contribution in [0.4, 0.5) is 0 Å². The molecule has 0 aromatic heterocycles. The maximum absolute atomic E-state index is 14.4. The SMILES string of the molecule is COc1ccc(C(=O)C2C(c3ccc(OC)cc3)C(C(=O)O)N(C(=O)CC(C)C)C2c2ccc(C)cc2)cc1. The molecule has 0 aliphatic carbocycles. The summed E-state index contributed by atoms with van der Waals surface area (Å²) in [5.74, 6) is -2.04. The average molecular weight is 530 g/mol. The molecule has 7 nitrogen and oxygen atoms in total. The van der Waals surface area contributed by atoms with Crippen molar-refractivity contribution >= 4 is 17.7 Å². The lowest BCUT2D eigenvalue weighted by molar-refractivity contribution is -0.150. The van der Waals surface area contributed by atoms with Crippen LogP contribution in [-0.2, 0) is 9.59 Å². The van der Waals surface area contributed by atoms with Gasteiger partial charge in [-0.05, 0) is 60.4 Å². The molecule has 3 aromatic rings. The number of Topliss-reactive ketones (excluding diaryl/α,β-unsaturated/α-hetero) is 1. The maximum atomic E-state index is 14.4. The highest BCUT2D eigenvalue weighted by Gasteiger charge is 2.57. The summed E-state index contributed by atoms with van der Waals surface area (Å²) in [6, 6.07) is 19.5. The lowest BCUT2D eigenvalue weighted by Crippen LogP contribution is -2.44. The molecule has 1 aliphatic rings. The van der Waals surface area contributed by atoms with Gasteiger partial charge in [-0.25, -0.2) is 4.79 Å². The van der Waals surface area contributed by atoms with Crippen molar-refractivity contribution in [2.24, 2.45) is 11.8 Å². The number of likely N-dealkylation sites (tertiary alicyclic amines) is 1. The molecule has 1 fully saturated rings. The van der Waals surface area contributed by atoms with Crippen molar-refractivity contribution in [3.05, 3.63) is 95.1 Å². The number of carboxylic acids is 1. The molecule has 0 spiro atoms. The molecule has 1 N–H and O–H groups in total. The van der Waals surface area contributed by atoms with E-state index in [9.17, 15) is 19.5 Å². The number of ether oxygens (including phenoxy) is 2. The number of amides is 1. The number of aryl methyl sites for hydroxylation is 1. The zero-order valence-electron chi connectivity index (χ0n) is 23.0. The molecule has 7 heteroatoms. The Balaban J connectivity index is 1.96. The van der Waals surface area contributed by atoms with Gasteiger partial charge in [0.15, 0.2) is 5.78 Å². The molecule has 4 atom stereocenters. The number of hydrogen-bond acceptors (Lipinski definition) is 5. The molecular formula is C32H35NO6. The van der Waals surface area contributed by atoms with Gasteiger partial charge in [0.05, 0.1) is 26.2 Å². The van der Waals surface area contributed by atoms with Crippen molar-refractivity contribution in [3.8, 4) is 11.5 Å². The van der Waals surface area contributed by atoms with Crippen molar-refractivity contribution in [1.82, 2.24) is 4.90 Å². The summed E-state index contributed by atoms with van der Waals surface area (Å²) in [4.78, 5) is 42.6. The molecule has 1 amide bonds. The van der Waals surface area contributed by atoms with Crippen LogP contribution in [0.1, 0.15) is 59.3 Å². The van der Waals surface area contributed by atoms with E-state index >= 15 is 0 Å². The zero-order valence-corrected chi connectivity index (χ0v) is 23.0. The first-order valence-corrected chi connectivity index (χ1v) is 13.1. The highest BCUT2D eigenvalue weighted by molar-refractivity contribution is 6.01. The number of ketones is 1. The third-order valence-electron chi connectivity index (χ3n) is 7.39. The van der Waals surface area contributed by atoms with Crippen LogP contribution in [0.2, 0.25) is 0 Å². The lowest BCUT2D eigenvalue weighted by Gasteiger charge is -2.31. The molecule has 4 unspecified atom stereocenters. The monoisotopic (exact) mass is 529 g/mol. The number of rotatable bonds is 9. The summed E-state index contributed by atoms with van der Waals surface area (Å²) < 4.78 is 10.6. The van der Waals surface area contributed by atoms with Gasteiger partial charge < -0.3 is 19.5 Å². The number of carboxylic acid groups (broad SMARTS) is 1. The van der Waals surface area contributed by atoms with Gasteiger partial charge in [-0.3, -0.25) is 9.59 Å². The molecule has 0 saturated carbocycles. The second-order valence-corrected chi connectivity index (χ2v) is 10.5. The third-order valence-corrected chi connectivity index (χ3v) is 7.39. The minimum atomic E-state index is -1.23. The van der Waals surface area contributed by atoms with Gasteiger partial charge >= 0.3 is 5.97 Å². The number of aliphatic carboxylic acids is 1.